The number of halogens is 1. The molecule has 5 N–H and O–H groups in total. The van der Waals surface area contributed by atoms with E-state index in [1.165, 1.54) is 24.5 Å². The van der Waals surface area contributed by atoms with Crippen molar-refractivity contribution in [3.8, 4) is 0 Å². The molecule has 0 spiro atoms. The molecule has 0 bridgehead atoms. The van der Waals surface area contributed by atoms with Gasteiger partial charge in [0, 0.05) is 18.7 Å². The summed E-state index contributed by atoms with van der Waals surface area (Å²) in [5.41, 5.74) is 9.62. The minimum atomic E-state index is -0.346. The summed E-state index contributed by atoms with van der Waals surface area (Å²) in [7, 11) is 0. The van der Waals surface area contributed by atoms with Crippen LogP contribution in [0.2, 0.25) is 0 Å². The molecule has 0 saturated carbocycles. The van der Waals surface area contributed by atoms with Gasteiger partial charge in [-0.3, -0.25) is 16.0 Å². The van der Waals surface area contributed by atoms with Crippen LogP contribution in [0.5, 0.6) is 0 Å². The van der Waals surface area contributed by atoms with Crippen LogP contribution in [0.1, 0.15) is 24.4 Å². The first-order chi connectivity index (χ1) is 9.15. The Morgan fingerprint density at radius 3 is 2.95 bits per heavy atom. The molecule has 1 atom stereocenters. The Labute approximate surface area is 110 Å². The van der Waals surface area contributed by atoms with Crippen LogP contribution in [0.25, 0.3) is 0 Å². The van der Waals surface area contributed by atoms with Crippen LogP contribution in [0.15, 0.2) is 24.5 Å². The highest BCUT2D eigenvalue weighted by Gasteiger charge is 2.17. The van der Waals surface area contributed by atoms with Crippen LogP contribution >= 0.6 is 0 Å². The lowest BCUT2D eigenvalue weighted by Gasteiger charge is -2.18. The zero-order chi connectivity index (χ0) is 13.8. The average Bonchev–Trinajstić information content (AvgIpc) is 2.86. The van der Waals surface area contributed by atoms with Crippen LogP contribution in [0.4, 0.5) is 10.1 Å². The van der Waals surface area contributed by atoms with Crippen LogP contribution in [-0.4, -0.2) is 14.8 Å². The molecule has 0 aliphatic heterocycles. The summed E-state index contributed by atoms with van der Waals surface area (Å²) in [6.45, 7) is 2.69. The predicted molar refractivity (Wildman–Crippen MR) is 70.3 cm³/mol. The standard InChI is InChI=1S/C12H17FN6/c1-2-19-12(16-7-17-19)6-11(18-15)9-5-8(13)3-4-10(9)14/h3-5,7,11,18H,2,6,14-15H2,1H3. The van der Waals surface area contributed by atoms with Gasteiger partial charge in [-0.05, 0) is 30.7 Å². The van der Waals surface area contributed by atoms with Gasteiger partial charge in [-0.2, -0.15) is 5.10 Å². The first kappa shape index (κ1) is 13.4. The van der Waals surface area contributed by atoms with E-state index in [1.54, 1.807) is 4.68 Å². The molecule has 1 aromatic carbocycles. The summed E-state index contributed by atoms with van der Waals surface area (Å²) < 4.78 is 15.1. The molecule has 0 saturated heterocycles. The van der Waals surface area contributed by atoms with E-state index in [2.05, 4.69) is 15.5 Å². The van der Waals surface area contributed by atoms with E-state index >= 15 is 0 Å². The number of hydrogen-bond donors (Lipinski definition) is 3. The number of nitrogen functional groups attached to an aromatic ring is 1. The quantitative estimate of drug-likeness (QED) is 0.421. The van der Waals surface area contributed by atoms with Gasteiger partial charge in [0.25, 0.3) is 0 Å². The molecule has 0 fully saturated rings. The van der Waals surface area contributed by atoms with Crippen molar-refractivity contribution in [3.05, 3.63) is 41.7 Å². The Morgan fingerprint density at radius 2 is 2.26 bits per heavy atom. The number of nitrogens with one attached hydrogen (secondary N) is 1. The lowest BCUT2D eigenvalue weighted by molar-refractivity contribution is 0.508. The normalized spacial score (nSPS) is 12.6. The maximum absolute atomic E-state index is 13.3. The molecule has 19 heavy (non-hydrogen) atoms. The van der Waals surface area contributed by atoms with Crippen molar-refractivity contribution in [3.63, 3.8) is 0 Å². The van der Waals surface area contributed by atoms with Gasteiger partial charge in [0.15, 0.2) is 0 Å². The van der Waals surface area contributed by atoms with Crippen molar-refractivity contribution < 1.29 is 4.39 Å². The van der Waals surface area contributed by atoms with Crippen LogP contribution in [0.3, 0.4) is 0 Å². The van der Waals surface area contributed by atoms with E-state index in [4.69, 9.17) is 11.6 Å². The monoisotopic (exact) mass is 264 g/mol. The Morgan fingerprint density at radius 1 is 1.47 bits per heavy atom. The first-order valence-corrected chi connectivity index (χ1v) is 6.03. The van der Waals surface area contributed by atoms with E-state index in [-0.39, 0.29) is 11.9 Å². The minimum Gasteiger partial charge on any atom is -0.398 e. The van der Waals surface area contributed by atoms with Crippen molar-refractivity contribution in [2.24, 2.45) is 5.84 Å². The molecule has 7 heteroatoms. The second-order valence-electron chi connectivity index (χ2n) is 4.19. The third-order valence-corrected chi connectivity index (χ3v) is 3.01. The Hall–Kier alpha value is -1.99. The van der Waals surface area contributed by atoms with Crippen molar-refractivity contribution in [2.75, 3.05) is 5.73 Å². The van der Waals surface area contributed by atoms with Crippen molar-refractivity contribution in [2.45, 2.75) is 25.9 Å². The Balaban J connectivity index is 2.27. The molecular weight excluding hydrogens is 247 g/mol. The first-order valence-electron chi connectivity index (χ1n) is 6.03. The van der Waals surface area contributed by atoms with E-state index in [1.807, 2.05) is 6.92 Å². The molecule has 0 radical (unpaired) electrons. The lowest BCUT2D eigenvalue weighted by Crippen LogP contribution is -2.31. The Bertz CT molecular complexity index is 553. The van der Waals surface area contributed by atoms with E-state index < -0.39 is 0 Å². The third kappa shape index (κ3) is 2.88. The number of aryl methyl sites for hydroxylation is 1. The highest BCUT2D eigenvalue weighted by atomic mass is 19.1. The van der Waals surface area contributed by atoms with Crippen molar-refractivity contribution in [1.29, 1.82) is 0 Å². The number of aromatic nitrogens is 3. The summed E-state index contributed by atoms with van der Waals surface area (Å²) in [4.78, 5) is 4.17. The summed E-state index contributed by atoms with van der Waals surface area (Å²) in [5.74, 6) is 5.97. The van der Waals surface area contributed by atoms with Crippen LogP contribution in [-0.2, 0) is 13.0 Å². The van der Waals surface area contributed by atoms with Gasteiger partial charge < -0.3 is 5.73 Å². The van der Waals surface area contributed by atoms with Crippen LogP contribution < -0.4 is 17.0 Å². The summed E-state index contributed by atoms with van der Waals surface area (Å²) >= 11 is 0. The molecule has 1 aromatic heterocycles. The molecule has 1 heterocycles. The second-order valence-corrected chi connectivity index (χ2v) is 4.19. The maximum atomic E-state index is 13.3. The van der Waals surface area contributed by atoms with Gasteiger partial charge in [0.1, 0.15) is 18.0 Å². The maximum Gasteiger partial charge on any atom is 0.138 e. The van der Waals surface area contributed by atoms with Crippen molar-refractivity contribution in [1.82, 2.24) is 20.2 Å². The number of rotatable bonds is 5. The number of hydrazine groups is 1. The smallest absolute Gasteiger partial charge is 0.138 e. The van der Waals surface area contributed by atoms with Gasteiger partial charge >= 0.3 is 0 Å². The molecular formula is C12H17FN6. The van der Waals surface area contributed by atoms with Gasteiger partial charge in [0.2, 0.25) is 0 Å². The molecule has 6 nitrogen and oxygen atoms in total. The molecule has 102 valence electrons. The highest BCUT2D eigenvalue weighted by Crippen LogP contribution is 2.23. The number of nitrogens with zero attached hydrogens (tertiary/aromatic N) is 3. The fourth-order valence-electron chi connectivity index (χ4n) is 2.00. The summed E-state index contributed by atoms with van der Waals surface area (Å²) in [6.07, 6.45) is 1.97. The fraction of sp³-hybridized carbons (Fsp3) is 0.333. The van der Waals surface area contributed by atoms with Gasteiger partial charge in [-0.1, -0.05) is 0 Å². The number of nitrogens with two attached hydrogens (primary N) is 2. The SMILES string of the molecule is CCn1ncnc1CC(NN)c1cc(F)ccc1N. The largest absolute Gasteiger partial charge is 0.398 e. The zero-order valence-corrected chi connectivity index (χ0v) is 10.7. The van der Waals surface area contributed by atoms with E-state index in [0.717, 1.165) is 5.82 Å². The highest BCUT2D eigenvalue weighted by molar-refractivity contribution is 5.48. The molecule has 1 unspecified atom stereocenters. The van der Waals surface area contributed by atoms with Gasteiger partial charge in [-0.15, -0.1) is 0 Å². The van der Waals surface area contributed by atoms with Crippen LogP contribution in [0, 0.1) is 5.82 Å². The molecule has 0 aliphatic carbocycles. The molecule has 0 amide bonds. The molecule has 2 rings (SSSR count). The van der Waals surface area contributed by atoms with Gasteiger partial charge in [0.05, 0.1) is 6.04 Å². The fourth-order valence-corrected chi connectivity index (χ4v) is 2.00. The summed E-state index contributed by atoms with van der Waals surface area (Å²) in [5, 5.41) is 4.09. The van der Waals surface area contributed by atoms with Crippen molar-refractivity contribution >= 4 is 5.69 Å². The zero-order valence-electron chi connectivity index (χ0n) is 10.7. The minimum absolute atomic E-state index is 0.315. The third-order valence-electron chi connectivity index (χ3n) is 3.01. The predicted octanol–water partition coefficient (Wildman–Crippen LogP) is 0.766. The topological polar surface area (TPSA) is 94.8 Å². The molecule has 0 aliphatic rings. The average molecular weight is 264 g/mol. The number of anilines is 1. The lowest BCUT2D eigenvalue weighted by atomic mass is 10.0. The second kappa shape index (κ2) is 5.77. The van der Waals surface area contributed by atoms with E-state index in [9.17, 15) is 4.39 Å². The number of hydrogen-bond acceptors (Lipinski definition) is 5. The summed E-state index contributed by atoms with van der Waals surface area (Å²) in [6, 6.07) is 3.91. The molecule has 2 aromatic rings. The Kier molecular flexibility index (Phi) is 4.08. The number of benzene rings is 1. The van der Waals surface area contributed by atoms with E-state index in [0.29, 0.717) is 24.2 Å². The van der Waals surface area contributed by atoms with Gasteiger partial charge in [-0.25, -0.2) is 9.37 Å².